The highest BCUT2D eigenvalue weighted by atomic mass is 32.1. The van der Waals surface area contributed by atoms with Gasteiger partial charge in [0, 0.05) is 27.0 Å². The summed E-state index contributed by atoms with van der Waals surface area (Å²) in [5.41, 5.74) is 4.51. The number of pyridine rings is 1. The zero-order chi connectivity index (χ0) is 23.1. The number of fused-ring (bicyclic) bond motifs is 1. The van der Waals surface area contributed by atoms with Gasteiger partial charge in [0.25, 0.3) is 5.91 Å². The molecule has 9 nitrogen and oxygen atoms in total. The van der Waals surface area contributed by atoms with Gasteiger partial charge in [-0.15, -0.1) is 16.4 Å². The van der Waals surface area contributed by atoms with Crippen molar-refractivity contribution >= 4 is 34.0 Å². The quantitative estimate of drug-likeness (QED) is 0.413. The van der Waals surface area contributed by atoms with Crippen molar-refractivity contribution in [3.05, 3.63) is 64.2 Å². The van der Waals surface area contributed by atoms with Crippen LogP contribution in [-0.2, 0) is 0 Å². The molecule has 166 valence electrons. The monoisotopic (exact) mass is 458 g/mol. The molecule has 4 aromatic heterocycles. The van der Waals surface area contributed by atoms with Crippen LogP contribution in [0.4, 0.5) is 5.69 Å². The molecule has 1 amide bonds. The van der Waals surface area contributed by atoms with E-state index < -0.39 is 0 Å². The van der Waals surface area contributed by atoms with Gasteiger partial charge >= 0.3 is 0 Å². The number of tetrazole rings is 1. The molecule has 0 spiro atoms. The summed E-state index contributed by atoms with van der Waals surface area (Å²) in [6.45, 7) is 8.24. The Kier molecular flexibility index (Phi) is 5.21. The Balaban J connectivity index is 1.55. The summed E-state index contributed by atoms with van der Waals surface area (Å²) in [4.78, 5) is 20.7. The number of carbonyl (C=O) groups excluding carboxylic acids is 1. The number of carbonyl (C=O) groups is 1. The van der Waals surface area contributed by atoms with Gasteiger partial charge in [0.1, 0.15) is 6.33 Å². The molecule has 0 radical (unpaired) electrons. The fraction of sp³-hybridized carbons (Fsp3) is 0.217. The minimum absolute atomic E-state index is 0.116. The number of amides is 1. The molecule has 0 aliphatic heterocycles. The number of aryl methyl sites for hydroxylation is 2. The van der Waals surface area contributed by atoms with E-state index in [-0.39, 0.29) is 11.9 Å². The van der Waals surface area contributed by atoms with Crippen molar-refractivity contribution in [1.82, 2.24) is 35.0 Å². The predicted octanol–water partition coefficient (Wildman–Crippen LogP) is 4.59. The average Bonchev–Trinajstić information content (AvgIpc) is 3.53. The SMILES string of the molecule is Cc1cc(-c2cc(C(=O)Nc3ccc(-n4cnnn4)cc3)c3cnn(C(C)C)c3n2)c(C)s1. The fourth-order valence-corrected chi connectivity index (χ4v) is 4.72. The van der Waals surface area contributed by atoms with Gasteiger partial charge in [-0.25, -0.2) is 14.3 Å². The van der Waals surface area contributed by atoms with Crippen LogP contribution in [0.1, 0.15) is 40.0 Å². The maximum Gasteiger partial charge on any atom is 0.256 e. The number of thiophene rings is 1. The van der Waals surface area contributed by atoms with E-state index in [4.69, 9.17) is 4.98 Å². The summed E-state index contributed by atoms with van der Waals surface area (Å²) < 4.78 is 3.40. The third-order valence-electron chi connectivity index (χ3n) is 5.36. The highest BCUT2D eigenvalue weighted by molar-refractivity contribution is 7.12. The Morgan fingerprint density at radius 1 is 1.12 bits per heavy atom. The topological polar surface area (TPSA) is 103 Å². The molecule has 10 heteroatoms. The van der Waals surface area contributed by atoms with Crippen LogP contribution in [-0.4, -0.2) is 40.9 Å². The minimum Gasteiger partial charge on any atom is -0.322 e. The maximum atomic E-state index is 13.4. The lowest BCUT2D eigenvalue weighted by molar-refractivity contribution is 0.102. The number of rotatable bonds is 5. The standard InChI is InChI=1S/C23H22N8OS/c1-13(2)31-22-20(11-25-31)19(10-21(27-22)18-9-14(3)33-15(18)4)23(32)26-16-5-7-17(8-6-16)30-12-24-28-29-30/h5-13H,1-4H3,(H,26,32). The van der Waals surface area contributed by atoms with E-state index in [1.54, 1.807) is 22.2 Å². The van der Waals surface area contributed by atoms with E-state index in [1.807, 2.05) is 48.9 Å². The molecular formula is C23H22N8OS. The molecule has 0 aliphatic carbocycles. The normalized spacial score (nSPS) is 11.4. The number of benzene rings is 1. The molecule has 0 atom stereocenters. The number of hydrogen-bond acceptors (Lipinski definition) is 7. The second kappa shape index (κ2) is 8.21. The van der Waals surface area contributed by atoms with Crippen molar-refractivity contribution in [3.8, 4) is 16.9 Å². The molecule has 0 saturated heterocycles. The van der Waals surface area contributed by atoms with Gasteiger partial charge in [0.05, 0.1) is 28.5 Å². The summed E-state index contributed by atoms with van der Waals surface area (Å²) in [6.07, 6.45) is 3.23. The molecule has 0 unspecified atom stereocenters. The summed E-state index contributed by atoms with van der Waals surface area (Å²) in [5, 5.41) is 19.4. The first-order valence-electron chi connectivity index (χ1n) is 10.5. The number of aromatic nitrogens is 7. The van der Waals surface area contributed by atoms with Crippen molar-refractivity contribution < 1.29 is 4.79 Å². The van der Waals surface area contributed by atoms with Gasteiger partial charge in [0.2, 0.25) is 0 Å². The van der Waals surface area contributed by atoms with E-state index in [9.17, 15) is 4.79 Å². The average molecular weight is 459 g/mol. The van der Waals surface area contributed by atoms with Gasteiger partial charge in [0.15, 0.2) is 5.65 Å². The van der Waals surface area contributed by atoms with Crippen LogP contribution in [0.25, 0.3) is 28.0 Å². The second-order valence-corrected chi connectivity index (χ2v) is 9.52. The van der Waals surface area contributed by atoms with Crippen LogP contribution < -0.4 is 5.32 Å². The Morgan fingerprint density at radius 2 is 1.91 bits per heavy atom. The molecule has 1 aromatic carbocycles. The van der Waals surface area contributed by atoms with Gasteiger partial charge < -0.3 is 5.32 Å². The minimum atomic E-state index is -0.216. The van der Waals surface area contributed by atoms with E-state index in [2.05, 4.69) is 45.9 Å². The Bertz CT molecular complexity index is 1450. The second-order valence-electron chi connectivity index (χ2n) is 8.06. The lowest BCUT2D eigenvalue weighted by atomic mass is 10.1. The van der Waals surface area contributed by atoms with Crippen molar-refractivity contribution in [2.45, 2.75) is 33.7 Å². The molecule has 5 aromatic rings. The van der Waals surface area contributed by atoms with Gasteiger partial charge in [-0.05, 0) is 74.5 Å². The first kappa shape index (κ1) is 21.0. The van der Waals surface area contributed by atoms with Gasteiger partial charge in [-0.2, -0.15) is 5.10 Å². The van der Waals surface area contributed by atoms with Crippen LogP contribution in [0.2, 0.25) is 0 Å². The first-order chi connectivity index (χ1) is 15.9. The number of nitrogens with one attached hydrogen (secondary N) is 1. The van der Waals surface area contributed by atoms with Crippen LogP contribution in [0.3, 0.4) is 0 Å². The Hall–Kier alpha value is -3.92. The van der Waals surface area contributed by atoms with Crippen molar-refractivity contribution in [3.63, 3.8) is 0 Å². The third-order valence-corrected chi connectivity index (χ3v) is 6.32. The van der Waals surface area contributed by atoms with Crippen LogP contribution in [0, 0.1) is 13.8 Å². The Morgan fingerprint density at radius 3 is 2.55 bits per heavy atom. The maximum absolute atomic E-state index is 13.4. The van der Waals surface area contributed by atoms with Crippen molar-refractivity contribution in [1.29, 1.82) is 0 Å². The predicted molar refractivity (Wildman–Crippen MR) is 128 cm³/mol. The smallest absolute Gasteiger partial charge is 0.256 e. The van der Waals surface area contributed by atoms with Crippen molar-refractivity contribution in [2.24, 2.45) is 0 Å². The van der Waals surface area contributed by atoms with E-state index >= 15 is 0 Å². The van der Waals surface area contributed by atoms with Crippen molar-refractivity contribution in [2.75, 3.05) is 5.32 Å². The summed E-state index contributed by atoms with van der Waals surface area (Å²) in [5.74, 6) is -0.216. The molecule has 0 bridgehead atoms. The highest BCUT2D eigenvalue weighted by Crippen LogP contribution is 2.32. The summed E-state index contributed by atoms with van der Waals surface area (Å²) in [6, 6.07) is 11.4. The third kappa shape index (κ3) is 3.89. The summed E-state index contributed by atoms with van der Waals surface area (Å²) in [7, 11) is 0. The lowest BCUT2D eigenvalue weighted by Gasteiger charge is -2.11. The highest BCUT2D eigenvalue weighted by Gasteiger charge is 2.20. The molecular weight excluding hydrogens is 436 g/mol. The summed E-state index contributed by atoms with van der Waals surface area (Å²) >= 11 is 1.72. The number of anilines is 1. The fourth-order valence-electron chi connectivity index (χ4n) is 3.78. The molecule has 1 N–H and O–H groups in total. The van der Waals surface area contributed by atoms with Crippen LogP contribution in [0.15, 0.2) is 48.9 Å². The van der Waals surface area contributed by atoms with Gasteiger partial charge in [-0.3, -0.25) is 4.79 Å². The van der Waals surface area contributed by atoms with E-state index in [0.717, 1.165) is 22.3 Å². The zero-order valence-electron chi connectivity index (χ0n) is 18.6. The van der Waals surface area contributed by atoms with Gasteiger partial charge in [-0.1, -0.05) is 0 Å². The largest absolute Gasteiger partial charge is 0.322 e. The molecule has 0 fully saturated rings. The first-order valence-corrected chi connectivity index (χ1v) is 11.3. The molecule has 33 heavy (non-hydrogen) atoms. The molecule has 4 heterocycles. The van der Waals surface area contributed by atoms with Crippen LogP contribution in [0.5, 0.6) is 0 Å². The number of nitrogens with zero attached hydrogens (tertiary/aromatic N) is 7. The lowest BCUT2D eigenvalue weighted by Crippen LogP contribution is -2.13. The Labute approximate surface area is 194 Å². The zero-order valence-corrected chi connectivity index (χ0v) is 19.5. The van der Waals surface area contributed by atoms with E-state index in [1.165, 1.54) is 16.1 Å². The molecule has 0 saturated carbocycles. The molecule has 0 aliphatic rings. The van der Waals surface area contributed by atoms with E-state index in [0.29, 0.717) is 16.9 Å². The van der Waals surface area contributed by atoms with Crippen LogP contribution >= 0.6 is 11.3 Å². The molecule has 5 rings (SSSR count). The number of hydrogen-bond donors (Lipinski definition) is 1.